The third-order valence-electron chi connectivity index (χ3n) is 6.54. The first-order valence-corrected chi connectivity index (χ1v) is 12.4. The van der Waals surface area contributed by atoms with E-state index >= 15 is 0 Å². The molecule has 4 rings (SSSR count). The van der Waals surface area contributed by atoms with E-state index in [1.54, 1.807) is 0 Å². The molecule has 2 saturated heterocycles. The SMILES string of the molecule is O=C1CCCCCN1C(=O)Nc1ccccc1Cc1ccccc1NC(=O)N1CCCCCC1=O. The summed E-state index contributed by atoms with van der Waals surface area (Å²) in [5.74, 6) is -0.290. The highest BCUT2D eigenvalue weighted by Gasteiger charge is 2.25. The van der Waals surface area contributed by atoms with Gasteiger partial charge < -0.3 is 10.6 Å². The summed E-state index contributed by atoms with van der Waals surface area (Å²) in [5.41, 5.74) is 2.96. The van der Waals surface area contributed by atoms with Crippen molar-refractivity contribution in [3.05, 3.63) is 59.7 Å². The van der Waals surface area contributed by atoms with Gasteiger partial charge in [-0.1, -0.05) is 49.2 Å². The molecule has 0 aromatic heterocycles. The van der Waals surface area contributed by atoms with Gasteiger partial charge in [0.05, 0.1) is 0 Å². The van der Waals surface area contributed by atoms with Gasteiger partial charge >= 0.3 is 12.1 Å². The number of carbonyl (C=O) groups is 4. The fourth-order valence-electron chi connectivity index (χ4n) is 4.56. The second-order valence-corrected chi connectivity index (χ2v) is 9.06. The lowest BCUT2D eigenvalue weighted by Crippen LogP contribution is -2.39. The molecule has 0 radical (unpaired) electrons. The molecule has 2 N–H and O–H groups in total. The number of amides is 6. The summed E-state index contributed by atoms with van der Waals surface area (Å²) in [6, 6.07) is 14.1. The van der Waals surface area contributed by atoms with E-state index in [1.165, 1.54) is 9.80 Å². The second-order valence-electron chi connectivity index (χ2n) is 9.06. The first-order valence-electron chi connectivity index (χ1n) is 12.4. The molecule has 184 valence electrons. The molecule has 0 unspecified atom stereocenters. The van der Waals surface area contributed by atoms with Crippen LogP contribution in [0.15, 0.2) is 48.5 Å². The van der Waals surface area contributed by atoms with Crippen molar-refractivity contribution >= 4 is 35.3 Å². The first kappa shape index (κ1) is 24.4. The molecule has 8 heteroatoms. The van der Waals surface area contributed by atoms with E-state index in [4.69, 9.17) is 0 Å². The average molecular weight is 477 g/mol. The van der Waals surface area contributed by atoms with Crippen LogP contribution in [0.1, 0.15) is 62.5 Å². The highest BCUT2D eigenvalue weighted by molar-refractivity contribution is 6.02. The van der Waals surface area contributed by atoms with Crippen LogP contribution in [0.4, 0.5) is 21.0 Å². The predicted molar refractivity (Wildman–Crippen MR) is 134 cm³/mol. The highest BCUT2D eigenvalue weighted by atomic mass is 16.2. The van der Waals surface area contributed by atoms with Gasteiger partial charge in [-0.3, -0.25) is 19.4 Å². The Hall–Kier alpha value is -3.68. The molecule has 0 aliphatic carbocycles. The molecule has 2 aliphatic rings. The van der Waals surface area contributed by atoms with Crippen molar-refractivity contribution in [1.82, 2.24) is 9.80 Å². The van der Waals surface area contributed by atoms with Crippen molar-refractivity contribution in [2.75, 3.05) is 23.7 Å². The Morgan fingerprint density at radius 2 is 1.06 bits per heavy atom. The summed E-state index contributed by atoms with van der Waals surface area (Å²) in [5, 5.41) is 5.82. The van der Waals surface area contributed by atoms with Crippen molar-refractivity contribution < 1.29 is 19.2 Å². The third kappa shape index (κ3) is 6.26. The molecule has 0 atom stereocenters. The summed E-state index contributed by atoms with van der Waals surface area (Å²) in [6.07, 6.45) is 6.36. The standard InChI is InChI=1S/C27H32N4O4/c32-24-15-3-1-9-17-30(24)26(34)28-22-13-7-5-11-20(22)19-21-12-6-8-14-23(21)29-27(35)31-18-10-2-4-16-25(31)33/h5-8,11-14H,1-4,9-10,15-19H2,(H,28,34)(H,29,35). The molecular weight excluding hydrogens is 444 g/mol. The van der Waals surface area contributed by atoms with Gasteiger partial charge in [0.15, 0.2) is 0 Å². The smallest absolute Gasteiger partial charge is 0.307 e. The Morgan fingerprint density at radius 3 is 1.51 bits per heavy atom. The highest BCUT2D eigenvalue weighted by Crippen LogP contribution is 2.25. The molecule has 2 aliphatic heterocycles. The largest absolute Gasteiger partial charge is 0.328 e. The molecule has 35 heavy (non-hydrogen) atoms. The van der Waals surface area contributed by atoms with Gasteiger partial charge in [0.1, 0.15) is 0 Å². The van der Waals surface area contributed by atoms with Crippen molar-refractivity contribution in [3.63, 3.8) is 0 Å². The molecule has 8 nitrogen and oxygen atoms in total. The van der Waals surface area contributed by atoms with Gasteiger partial charge in [-0.2, -0.15) is 0 Å². The van der Waals surface area contributed by atoms with E-state index in [9.17, 15) is 19.2 Å². The molecule has 2 aromatic carbocycles. The third-order valence-corrected chi connectivity index (χ3v) is 6.54. The number of hydrogen-bond acceptors (Lipinski definition) is 4. The lowest BCUT2D eigenvalue weighted by molar-refractivity contribution is -0.128. The van der Waals surface area contributed by atoms with Gasteiger partial charge in [-0.05, 0) is 48.9 Å². The van der Waals surface area contributed by atoms with Gasteiger partial charge in [-0.25, -0.2) is 9.59 Å². The Kier molecular flexibility index (Phi) is 8.13. The summed E-state index contributed by atoms with van der Waals surface area (Å²) in [7, 11) is 0. The van der Waals surface area contributed by atoms with Crippen LogP contribution in [0.5, 0.6) is 0 Å². The molecular formula is C27H32N4O4. The van der Waals surface area contributed by atoms with E-state index in [0.717, 1.165) is 49.7 Å². The van der Waals surface area contributed by atoms with Gasteiger partial charge in [0.25, 0.3) is 0 Å². The predicted octanol–water partition coefficient (Wildman–Crippen LogP) is 5.15. The van der Waals surface area contributed by atoms with Crippen molar-refractivity contribution in [3.8, 4) is 0 Å². The monoisotopic (exact) mass is 476 g/mol. The number of anilines is 2. The van der Waals surface area contributed by atoms with Gasteiger partial charge in [0, 0.05) is 43.7 Å². The minimum Gasteiger partial charge on any atom is -0.307 e. The minimum absolute atomic E-state index is 0.145. The Labute approximate surface area is 205 Å². The minimum atomic E-state index is -0.411. The van der Waals surface area contributed by atoms with Crippen LogP contribution in [0.25, 0.3) is 0 Å². The maximum atomic E-state index is 12.9. The normalized spacial score (nSPS) is 16.9. The van der Waals surface area contributed by atoms with E-state index in [0.29, 0.717) is 43.7 Å². The van der Waals surface area contributed by atoms with Crippen molar-refractivity contribution in [2.45, 2.75) is 57.8 Å². The number of likely N-dealkylation sites (tertiary alicyclic amines) is 2. The number of rotatable bonds is 4. The quantitative estimate of drug-likeness (QED) is 0.638. The number of hydrogen-bond donors (Lipinski definition) is 2. The molecule has 0 bridgehead atoms. The molecule has 0 spiro atoms. The maximum Gasteiger partial charge on any atom is 0.328 e. The van der Waals surface area contributed by atoms with Gasteiger partial charge in [0.2, 0.25) is 11.8 Å². The fraction of sp³-hybridized carbons (Fsp3) is 0.407. The summed E-state index contributed by atoms with van der Waals surface area (Å²) >= 11 is 0. The van der Waals surface area contributed by atoms with E-state index < -0.39 is 12.1 Å². The molecule has 2 fully saturated rings. The van der Waals surface area contributed by atoms with Crippen molar-refractivity contribution in [2.24, 2.45) is 0 Å². The fourth-order valence-corrected chi connectivity index (χ4v) is 4.56. The number of carbonyl (C=O) groups excluding carboxylic acids is 4. The maximum absolute atomic E-state index is 12.9. The first-order chi connectivity index (χ1) is 17.0. The van der Waals surface area contributed by atoms with Crippen LogP contribution in [0, 0.1) is 0 Å². The van der Waals surface area contributed by atoms with Gasteiger partial charge in [-0.15, -0.1) is 0 Å². The van der Waals surface area contributed by atoms with Crippen LogP contribution >= 0.6 is 0 Å². The van der Waals surface area contributed by atoms with Crippen LogP contribution in [-0.2, 0) is 16.0 Å². The average Bonchev–Trinajstić information content (AvgIpc) is 3.21. The topological polar surface area (TPSA) is 98.8 Å². The van der Waals surface area contributed by atoms with Crippen LogP contribution in [0.2, 0.25) is 0 Å². The zero-order valence-corrected chi connectivity index (χ0v) is 19.9. The van der Waals surface area contributed by atoms with Crippen LogP contribution < -0.4 is 10.6 Å². The van der Waals surface area contributed by atoms with Crippen LogP contribution in [-0.4, -0.2) is 46.8 Å². The Morgan fingerprint density at radius 1 is 0.629 bits per heavy atom. The molecule has 2 aromatic rings. The molecule has 6 amide bonds. The van der Waals surface area contributed by atoms with E-state index in [1.807, 2.05) is 48.5 Å². The van der Waals surface area contributed by atoms with Crippen molar-refractivity contribution in [1.29, 1.82) is 0 Å². The zero-order chi connectivity index (χ0) is 24.6. The Bertz CT molecular complexity index is 1010. The summed E-state index contributed by atoms with van der Waals surface area (Å²) < 4.78 is 0. The van der Waals surface area contributed by atoms with Crippen LogP contribution in [0.3, 0.4) is 0 Å². The number of nitrogens with zero attached hydrogens (tertiary/aromatic N) is 2. The van der Waals surface area contributed by atoms with E-state index in [-0.39, 0.29) is 11.8 Å². The summed E-state index contributed by atoms with van der Waals surface area (Å²) in [4.78, 5) is 53.0. The summed E-state index contributed by atoms with van der Waals surface area (Å²) in [6.45, 7) is 0.855. The van der Waals surface area contributed by atoms with E-state index in [2.05, 4.69) is 10.6 Å². The molecule has 2 heterocycles. The number of nitrogens with one attached hydrogen (secondary N) is 2. The molecule has 0 saturated carbocycles. The lowest BCUT2D eigenvalue weighted by Gasteiger charge is -2.21. The lowest BCUT2D eigenvalue weighted by atomic mass is 10.0. The zero-order valence-electron chi connectivity index (χ0n) is 19.9. The Balaban J connectivity index is 1.49. The number of benzene rings is 2. The number of imide groups is 2. The second kappa shape index (κ2) is 11.6. The number of para-hydroxylation sites is 2. The number of urea groups is 2.